The van der Waals surface area contributed by atoms with Crippen molar-refractivity contribution in [1.29, 1.82) is 0 Å². The first-order chi connectivity index (χ1) is 9.96. The smallest absolute Gasteiger partial charge is 0.0600 e. The van der Waals surface area contributed by atoms with Crippen molar-refractivity contribution < 1.29 is 4.74 Å². The van der Waals surface area contributed by atoms with E-state index in [1.165, 1.54) is 58.8 Å². The fraction of sp³-hybridized carbons (Fsp3) is 1.00. The van der Waals surface area contributed by atoms with Gasteiger partial charge in [-0.3, -0.25) is 4.90 Å². The predicted molar refractivity (Wildman–Crippen MR) is 88.8 cm³/mol. The minimum absolute atomic E-state index is 0.00669. The van der Waals surface area contributed by atoms with Gasteiger partial charge in [-0.1, -0.05) is 6.92 Å². The summed E-state index contributed by atoms with van der Waals surface area (Å²) in [5, 5.41) is 0. The van der Waals surface area contributed by atoms with Crippen LogP contribution in [0.25, 0.3) is 0 Å². The van der Waals surface area contributed by atoms with E-state index in [0.717, 1.165) is 19.1 Å². The van der Waals surface area contributed by atoms with E-state index in [9.17, 15) is 0 Å². The number of ether oxygens (including phenoxy) is 1. The molecule has 4 nitrogen and oxygen atoms in total. The molecule has 0 radical (unpaired) electrons. The van der Waals surface area contributed by atoms with E-state index in [2.05, 4.69) is 42.4 Å². The van der Waals surface area contributed by atoms with E-state index in [1.54, 1.807) is 0 Å². The molecule has 0 aliphatic carbocycles. The molecule has 2 aliphatic heterocycles. The minimum atomic E-state index is -0.00669. The lowest BCUT2D eigenvalue weighted by Crippen LogP contribution is -2.51. The zero-order valence-corrected chi connectivity index (χ0v) is 14.6. The molecular formula is C17H35N3O. The second kappa shape index (κ2) is 7.91. The summed E-state index contributed by atoms with van der Waals surface area (Å²) >= 11 is 0. The summed E-state index contributed by atoms with van der Waals surface area (Å²) in [4.78, 5) is 7.80. The van der Waals surface area contributed by atoms with Gasteiger partial charge in [0, 0.05) is 39.3 Å². The molecule has 0 bridgehead atoms. The molecule has 2 heterocycles. The molecule has 0 spiro atoms. The van der Waals surface area contributed by atoms with Crippen molar-refractivity contribution in [3.8, 4) is 0 Å². The van der Waals surface area contributed by atoms with Gasteiger partial charge in [0.1, 0.15) is 0 Å². The molecule has 0 amide bonds. The fourth-order valence-corrected chi connectivity index (χ4v) is 3.33. The second-order valence-corrected chi connectivity index (χ2v) is 7.67. The number of likely N-dealkylation sites (tertiary alicyclic amines) is 1. The molecule has 0 aromatic rings. The topological polar surface area (TPSA) is 19.0 Å². The van der Waals surface area contributed by atoms with E-state index < -0.39 is 0 Å². The van der Waals surface area contributed by atoms with Crippen LogP contribution < -0.4 is 0 Å². The standard InChI is InChI=1S/C17H35N3O/c1-5-18-13-16(14-18)15-20-8-6-7-19(9-10-20)11-12-21-17(2,3)4/h16H,5-15H2,1-4H3. The van der Waals surface area contributed by atoms with Crippen molar-refractivity contribution in [2.24, 2.45) is 5.92 Å². The third-order valence-electron chi connectivity index (χ3n) is 4.62. The SMILES string of the molecule is CCN1CC(CN2CCCN(CCOC(C)(C)C)CC2)C1. The van der Waals surface area contributed by atoms with Gasteiger partial charge in [0.25, 0.3) is 0 Å². The van der Waals surface area contributed by atoms with Gasteiger partial charge in [-0.2, -0.15) is 0 Å². The Balaban J connectivity index is 1.61. The normalized spacial score (nSPS) is 24.0. The van der Waals surface area contributed by atoms with E-state index in [0.29, 0.717) is 0 Å². The quantitative estimate of drug-likeness (QED) is 0.743. The van der Waals surface area contributed by atoms with Crippen molar-refractivity contribution >= 4 is 0 Å². The van der Waals surface area contributed by atoms with Crippen LogP contribution in [0.3, 0.4) is 0 Å². The molecular weight excluding hydrogens is 262 g/mol. The van der Waals surface area contributed by atoms with Gasteiger partial charge in [-0.25, -0.2) is 0 Å². The monoisotopic (exact) mass is 297 g/mol. The summed E-state index contributed by atoms with van der Waals surface area (Å²) < 4.78 is 5.85. The molecule has 2 fully saturated rings. The molecule has 21 heavy (non-hydrogen) atoms. The summed E-state index contributed by atoms with van der Waals surface area (Å²) in [6.07, 6.45) is 1.31. The Hall–Kier alpha value is -0.160. The maximum absolute atomic E-state index is 5.85. The van der Waals surface area contributed by atoms with Gasteiger partial charge < -0.3 is 14.5 Å². The van der Waals surface area contributed by atoms with Crippen molar-refractivity contribution in [3.05, 3.63) is 0 Å². The van der Waals surface area contributed by atoms with Crippen LogP contribution in [0.5, 0.6) is 0 Å². The van der Waals surface area contributed by atoms with Crippen LogP contribution in [-0.2, 0) is 4.74 Å². The molecule has 124 valence electrons. The molecule has 4 heteroatoms. The fourth-order valence-electron chi connectivity index (χ4n) is 3.33. The predicted octanol–water partition coefficient (Wildman–Crippen LogP) is 1.76. The highest BCUT2D eigenvalue weighted by molar-refractivity contribution is 4.82. The number of nitrogens with zero attached hydrogens (tertiary/aromatic N) is 3. The first kappa shape index (κ1) is 17.2. The lowest BCUT2D eigenvalue weighted by molar-refractivity contribution is -0.0128. The van der Waals surface area contributed by atoms with Crippen LogP contribution >= 0.6 is 0 Å². The van der Waals surface area contributed by atoms with Crippen molar-refractivity contribution in [1.82, 2.24) is 14.7 Å². The summed E-state index contributed by atoms with van der Waals surface area (Å²) in [7, 11) is 0. The van der Waals surface area contributed by atoms with Crippen molar-refractivity contribution in [2.75, 3.05) is 65.5 Å². The summed E-state index contributed by atoms with van der Waals surface area (Å²) in [5.41, 5.74) is -0.00669. The van der Waals surface area contributed by atoms with Gasteiger partial charge in [-0.05, 0) is 52.7 Å². The molecule has 2 aliphatic rings. The zero-order chi connectivity index (χ0) is 15.3. The summed E-state index contributed by atoms with van der Waals surface area (Å²) in [5.74, 6) is 0.917. The molecule has 0 unspecified atom stereocenters. The Morgan fingerprint density at radius 3 is 2.29 bits per heavy atom. The minimum Gasteiger partial charge on any atom is -0.375 e. The number of rotatable bonds is 6. The Labute approximate surface area is 131 Å². The molecule has 0 atom stereocenters. The maximum atomic E-state index is 5.85. The average Bonchev–Trinajstić information content (AvgIpc) is 2.57. The average molecular weight is 297 g/mol. The highest BCUT2D eigenvalue weighted by Crippen LogP contribution is 2.17. The lowest BCUT2D eigenvalue weighted by atomic mass is 9.99. The highest BCUT2D eigenvalue weighted by Gasteiger charge is 2.27. The van der Waals surface area contributed by atoms with Crippen LogP contribution in [0.15, 0.2) is 0 Å². The Morgan fingerprint density at radius 2 is 1.62 bits per heavy atom. The van der Waals surface area contributed by atoms with Crippen LogP contribution in [-0.4, -0.2) is 85.8 Å². The Morgan fingerprint density at radius 1 is 0.952 bits per heavy atom. The van der Waals surface area contributed by atoms with E-state index in [4.69, 9.17) is 4.74 Å². The van der Waals surface area contributed by atoms with Crippen LogP contribution in [0.2, 0.25) is 0 Å². The molecule has 0 aromatic carbocycles. The van der Waals surface area contributed by atoms with Gasteiger partial charge in [-0.15, -0.1) is 0 Å². The van der Waals surface area contributed by atoms with E-state index in [1.807, 2.05) is 0 Å². The van der Waals surface area contributed by atoms with E-state index >= 15 is 0 Å². The van der Waals surface area contributed by atoms with Crippen LogP contribution in [0.4, 0.5) is 0 Å². The molecule has 0 saturated carbocycles. The van der Waals surface area contributed by atoms with Gasteiger partial charge in [0.15, 0.2) is 0 Å². The third kappa shape index (κ3) is 6.23. The van der Waals surface area contributed by atoms with Crippen LogP contribution in [0, 0.1) is 5.92 Å². The Bertz CT molecular complexity index is 297. The largest absolute Gasteiger partial charge is 0.375 e. The third-order valence-corrected chi connectivity index (χ3v) is 4.62. The lowest BCUT2D eigenvalue weighted by Gasteiger charge is -2.41. The van der Waals surface area contributed by atoms with Gasteiger partial charge in [0.2, 0.25) is 0 Å². The molecule has 0 N–H and O–H groups in total. The number of hydrogen-bond acceptors (Lipinski definition) is 4. The maximum Gasteiger partial charge on any atom is 0.0600 e. The highest BCUT2D eigenvalue weighted by atomic mass is 16.5. The second-order valence-electron chi connectivity index (χ2n) is 7.67. The van der Waals surface area contributed by atoms with Crippen molar-refractivity contribution in [3.63, 3.8) is 0 Å². The Kier molecular flexibility index (Phi) is 6.48. The van der Waals surface area contributed by atoms with Gasteiger partial charge >= 0.3 is 0 Å². The number of hydrogen-bond donors (Lipinski definition) is 0. The van der Waals surface area contributed by atoms with Gasteiger partial charge in [0.05, 0.1) is 12.2 Å². The zero-order valence-electron chi connectivity index (χ0n) is 14.6. The van der Waals surface area contributed by atoms with E-state index in [-0.39, 0.29) is 5.60 Å². The molecule has 2 saturated heterocycles. The summed E-state index contributed by atoms with van der Waals surface area (Å²) in [6, 6.07) is 0. The molecule has 0 aromatic heterocycles. The van der Waals surface area contributed by atoms with Crippen molar-refractivity contribution in [2.45, 2.75) is 39.7 Å². The molecule has 2 rings (SSSR count). The van der Waals surface area contributed by atoms with Crippen LogP contribution in [0.1, 0.15) is 34.1 Å². The first-order valence-electron chi connectivity index (χ1n) is 8.77. The first-order valence-corrected chi connectivity index (χ1v) is 8.77. The summed E-state index contributed by atoms with van der Waals surface area (Å²) in [6.45, 7) is 20.7.